The fourth-order valence-corrected chi connectivity index (χ4v) is 2.36. The van der Waals surface area contributed by atoms with Crippen LogP contribution < -0.4 is 5.32 Å². The van der Waals surface area contributed by atoms with Crippen LogP contribution in [0.4, 0.5) is 5.69 Å². The van der Waals surface area contributed by atoms with Gasteiger partial charge in [0.25, 0.3) is 11.8 Å². The molecular formula is C14H10IN3O2. The Bertz CT molecular complexity index is 650. The van der Waals surface area contributed by atoms with Crippen molar-refractivity contribution in [1.29, 1.82) is 0 Å². The summed E-state index contributed by atoms with van der Waals surface area (Å²) in [6.45, 7) is 0.134. The third-order valence-electron chi connectivity index (χ3n) is 3.02. The molecule has 5 nitrogen and oxygen atoms in total. The molecule has 0 spiro atoms. The van der Waals surface area contributed by atoms with Gasteiger partial charge in [-0.3, -0.25) is 19.5 Å². The molecule has 0 saturated carbocycles. The third-order valence-corrected chi connectivity index (χ3v) is 3.74. The predicted molar refractivity (Wildman–Crippen MR) is 82.4 cm³/mol. The van der Waals surface area contributed by atoms with Crippen LogP contribution in [0.3, 0.4) is 0 Å². The fourth-order valence-electron chi connectivity index (χ4n) is 2.00. The Morgan fingerprint density at radius 1 is 1.10 bits per heavy atom. The highest BCUT2D eigenvalue weighted by molar-refractivity contribution is 14.1. The Morgan fingerprint density at radius 3 is 2.55 bits per heavy atom. The first-order chi connectivity index (χ1) is 9.66. The maximum atomic E-state index is 12.1. The van der Waals surface area contributed by atoms with E-state index in [9.17, 15) is 9.59 Å². The maximum absolute atomic E-state index is 12.1. The zero-order chi connectivity index (χ0) is 14.1. The van der Waals surface area contributed by atoms with E-state index in [2.05, 4.69) is 32.9 Å². The first-order valence-corrected chi connectivity index (χ1v) is 7.05. The molecule has 1 N–H and O–H groups in total. The molecule has 100 valence electrons. The molecule has 1 aromatic carbocycles. The van der Waals surface area contributed by atoms with E-state index in [4.69, 9.17) is 0 Å². The SMILES string of the molecule is O=C1c2cccnc2C(=O)N1CNc1ccc(I)cc1. The molecule has 0 aliphatic carbocycles. The van der Waals surface area contributed by atoms with E-state index in [1.165, 1.54) is 6.20 Å². The topological polar surface area (TPSA) is 62.3 Å². The number of imide groups is 1. The van der Waals surface area contributed by atoms with Crippen LogP contribution in [-0.4, -0.2) is 28.4 Å². The number of hydrogen-bond donors (Lipinski definition) is 1. The molecule has 2 aromatic rings. The van der Waals surface area contributed by atoms with Gasteiger partial charge in [-0.1, -0.05) is 0 Å². The normalized spacial score (nSPS) is 13.6. The van der Waals surface area contributed by atoms with Crippen molar-refractivity contribution in [1.82, 2.24) is 9.88 Å². The maximum Gasteiger partial charge on any atom is 0.281 e. The summed E-state index contributed by atoms with van der Waals surface area (Å²) < 4.78 is 1.12. The Hall–Kier alpha value is -1.96. The predicted octanol–water partition coefficient (Wildman–Crippen LogP) is 2.35. The first-order valence-electron chi connectivity index (χ1n) is 5.97. The summed E-state index contributed by atoms with van der Waals surface area (Å²) >= 11 is 2.22. The number of anilines is 1. The van der Waals surface area contributed by atoms with Crippen LogP contribution in [-0.2, 0) is 0 Å². The van der Waals surface area contributed by atoms with Gasteiger partial charge in [0, 0.05) is 15.5 Å². The summed E-state index contributed by atoms with van der Waals surface area (Å²) in [6, 6.07) is 11.0. The number of pyridine rings is 1. The second-order valence-corrected chi connectivity index (χ2v) is 5.53. The quantitative estimate of drug-likeness (QED) is 0.657. The number of fused-ring (bicyclic) bond motifs is 1. The van der Waals surface area contributed by atoms with Gasteiger partial charge in [0.1, 0.15) is 5.69 Å². The van der Waals surface area contributed by atoms with Crippen LogP contribution in [0.2, 0.25) is 0 Å². The lowest BCUT2D eigenvalue weighted by Crippen LogP contribution is -2.34. The molecule has 1 aliphatic rings. The molecule has 6 heteroatoms. The zero-order valence-corrected chi connectivity index (χ0v) is 12.5. The van der Waals surface area contributed by atoms with Gasteiger partial charge >= 0.3 is 0 Å². The minimum Gasteiger partial charge on any atom is -0.367 e. The van der Waals surface area contributed by atoms with Gasteiger partial charge in [-0.2, -0.15) is 0 Å². The van der Waals surface area contributed by atoms with Crippen LogP contribution in [0.5, 0.6) is 0 Å². The van der Waals surface area contributed by atoms with E-state index in [0.29, 0.717) is 5.56 Å². The van der Waals surface area contributed by atoms with E-state index in [1.54, 1.807) is 12.1 Å². The van der Waals surface area contributed by atoms with Gasteiger partial charge in [0.15, 0.2) is 0 Å². The van der Waals surface area contributed by atoms with Crippen molar-refractivity contribution in [2.75, 3.05) is 12.0 Å². The minimum absolute atomic E-state index is 0.134. The Morgan fingerprint density at radius 2 is 1.85 bits per heavy atom. The van der Waals surface area contributed by atoms with Crippen molar-refractivity contribution in [3.05, 3.63) is 57.4 Å². The summed E-state index contributed by atoms with van der Waals surface area (Å²) in [5.74, 6) is -0.667. The highest BCUT2D eigenvalue weighted by atomic mass is 127. The standard InChI is InChI=1S/C14H10IN3O2/c15-9-3-5-10(6-4-9)17-8-18-13(19)11-2-1-7-16-12(11)14(18)20/h1-7,17H,8H2. The molecule has 0 radical (unpaired) electrons. The van der Waals surface area contributed by atoms with E-state index in [1.807, 2.05) is 24.3 Å². The average molecular weight is 379 g/mol. The van der Waals surface area contributed by atoms with Gasteiger partial charge in [-0.25, -0.2) is 0 Å². The lowest BCUT2D eigenvalue weighted by Gasteiger charge is -2.15. The fraction of sp³-hybridized carbons (Fsp3) is 0.0714. The number of aromatic nitrogens is 1. The number of nitrogens with one attached hydrogen (secondary N) is 1. The molecule has 0 bridgehead atoms. The van der Waals surface area contributed by atoms with Crippen LogP contribution in [0, 0.1) is 3.57 Å². The number of benzene rings is 1. The van der Waals surface area contributed by atoms with Crippen molar-refractivity contribution < 1.29 is 9.59 Å². The highest BCUT2D eigenvalue weighted by Gasteiger charge is 2.36. The van der Waals surface area contributed by atoms with Crippen LogP contribution >= 0.6 is 22.6 Å². The summed E-state index contributed by atoms with van der Waals surface area (Å²) in [5, 5.41) is 3.06. The van der Waals surface area contributed by atoms with E-state index >= 15 is 0 Å². The molecule has 1 aliphatic heterocycles. The number of amides is 2. The van der Waals surface area contributed by atoms with Crippen molar-refractivity contribution in [2.45, 2.75) is 0 Å². The number of carbonyl (C=O) groups is 2. The summed E-state index contributed by atoms with van der Waals surface area (Å²) in [4.78, 5) is 29.3. The summed E-state index contributed by atoms with van der Waals surface area (Å²) in [7, 11) is 0. The number of rotatable bonds is 3. The molecule has 1 aromatic heterocycles. The van der Waals surface area contributed by atoms with Gasteiger partial charge in [-0.05, 0) is 59.0 Å². The number of halogens is 1. The second kappa shape index (κ2) is 5.20. The lowest BCUT2D eigenvalue weighted by atomic mass is 10.2. The average Bonchev–Trinajstić information content (AvgIpc) is 2.71. The molecule has 20 heavy (non-hydrogen) atoms. The minimum atomic E-state index is -0.358. The molecule has 0 atom stereocenters. The van der Waals surface area contributed by atoms with Gasteiger partial charge in [0.05, 0.1) is 12.2 Å². The summed E-state index contributed by atoms with van der Waals surface area (Å²) in [5.41, 5.74) is 1.44. The molecule has 3 rings (SSSR count). The smallest absolute Gasteiger partial charge is 0.281 e. The Labute approximate surface area is 129 Å². The van der Waals surface area contributed by atoms with E-state index in [-0.39, 0.29) is 24.2 Å². The van der Waals surface area contributed by atoms with Gasteiger partial charge < -0.3 is 5.32 Å². The molecule has 0 saturated heterocycles. The van der Waals surface area contributed by atoms with Crippen LogP contribution in [0.25, 0.3) is 0 Å². The van der Waals surface area contributed by atoms with Crippen LogP contribution in [0.1, 0.15) is 20.8 Å². The molecule has 0 fully saturated rings. The summed E-state index contributed by atoms with van der Waals surface area (Å²) in [6.07, 6.45) is 1.51. The van der Waals surface area contributed by atoms with E-state index < -0.39 is 0 Å². The number of hydrogen-bond acceptors (Lipinski definition) is 4. The van der Waals surface area contributed by atoms with E-state index in [0.717, 1.165) is 14.2 Å². The lowest BCUT2D eigenvalue weighted by molar-refractivity contribution is 0.0664. The largest absolute Gasteiger partial charge is 0.367 e. The van der Waals surface area contributed by atoms with Crippen molar-refractivity contribution >= 4 is 40.1 Å². The monoisotopic (exact) mass is 379 g/mol. The number of carbonyl (C=O) groups excluding carboxylic acids is 2. The second-order valence-electron chi connectivity index (χ2n) is 4.28. The van der Waals surface area contributed by atoms with Crippen molar-refractivity contribution in [2.24, 2.45) is 0 Å². The zero-order valence-electron chi connectivity index (χ0n) is 10.3. The van der Waals surface area contributed by atoms with Gasteiger partial charge in [-0.15, -0.1) is 0 Å². The highest BCUT2D eigenvalue weighted by Crippen LogP contribution is 2.20. The Kier molecular flexibility index (Phi) is 3.39. The number of nitrogens with zero attached hydrogens (tertiary/aromatic N) is 2. The van der Waals surface area contributed by atoms with Crippen LogP contribution in [0.15, 0.2) is 42.6 Å². The Balaban J connectivity index is 1.75. The molecule has 2 amide bonds. The molecule has 2 heterocycles. The van der Waals surface area contributed by atoms with Crippen molar-refractivity contribution in [3.8, 4) is 0 Å². The third kappa shape index (κ3) is 2.26. The first kappa shape index (κ1) is 13.0. The molecule has 0 unspecified atom stereocenters. The van der Waals surface area contributed by atoms with Crippen molar-refractivity contribution in [3.63, 3.8) is 0 Å². The van der Waals surface area contributed by atoms with Gasteiger partial charge in [0.2, 0.25) is 0 Å². The molecular weight excluding hydrogens is 369 g/mol.